The molecule has 0 bridgehead atoms. The van der Waals surface area contributed by atoms with Crippen LogP contribution in [0.2, 0.25) is 0 Å². The average Bonchev–Trinajstić information content (AvgIpc) is 2.17. The molecule has 0 atom stereocenters. The third-order valence-corrected chi connectivity index (χ3v) is 3.60. The third kappa shape index (κ3) is 3.11. The highest BCUT2D eigenvalue weighted by atomic mass is 32.2. The lowest BCUT2D eigenvalue weighted by molar-refractivity contribution is 0.579. The van der Waals surface area contributed by atoms with E-state index in [1.807, 2.05) is 0 Å². The Bertz CT molecular complexity index is 497. The van der Waals surface area contributed by atoms with E-state index < -0.39 is 21.4 Å². The van der Waals surface area contributed by atoms with Gasteiger partial charge < -0.3 is 5.73 Å². The molecule has 1 heterocycles. The number of rotatable bonds is 4. The molecule has 0 aromatic carbocycles. The predicted molar refractivity (Wildman–Crippen MR) is 59.3 cm³/mol. The van der Waals surface area contributed by atoms with Crippen molar-refractivity contribution in [3.8, 4) is 0 Å². The molecule has 0 fully saturated rings. The number of nitrogens with two attached hydrogens (primary N) is 1. The number of halogens is 1. The van der Waals surface area contributed by atoms with Gasteiger partial charge in [0.25, 0.3) is 0 Å². The summed E-state index contributed by atoms with van der Waals surface area (Å²) in [6.45, 7) is 1.59. The number of sulfone groups is 1. The second kappa shape index (κ2) is 5.18. The lowest BCUT2D eigenvalue weighted by Crippen LogP contribution is -2.11. The predicted octanol–water partition coefficient (Wildman–Crippen LogP) is 0.976. The first-order valence-electron chi connectivity index (χ1n) is 4.66. The highest BCUT2D eigenvalue weighted by Crippen LogP contribution is 2.15. The van der Waals surface area contributed by atoms with Gasteiger partial charge in [-0.15, -0.1) is 0 Å². The fourth-order valence-electron chi connectivity index (χ4n) is 1.23. The minimum absolute atomic E-state index is 0.0252. The minimum Gasteiger partial charge on any atom is -0.327 e. The summed E-state index contributed by atoms with van der Waals surface area (Å²) >= 11 is 0. The largest absolute Gasteiger partial charge is 0.327 e. The zero-order valence-electron chi connectivity index (χ0n) is 8.85. The van der Waals surface area contributed by atoms with E-state index in [-0.39, 0.29) is 11.6 Å². The van der Waals surface area contributed by atoms with Gasteiger partial charge in [-0.1, -0.05) is 6.07 Å². The number of nitrogens with zero attached hydrogens (tertiary/aromatic N) is 1. The van der Waals surface area contributed by atoms with Gasteiger partial charge in [0.2, 0.25) is 9.84 Å². The van der Waals surface area contributed by atoms with Crippen molar-refractivity contribution in [2.75, 3.05) is 12.3 Å². The quantitative estimate of drug-likeness (QED) is 0.856. The first-order valence-corrected chi connectivity index (χ1v) is 6.31. The van der Waals surface area contributed by atoms with Crippen LogP contribution < -0.4 is 5.73 Å². The van der Waals surface area contributed by atoms with E-state index in [0.29, 0.717) is 5.56 Å². The molecule has 1 rings (SSSR count). The number of hydrogen-bond acceptors (Lipinski definition) is 4. The van der Waals surface area contributed by atoms with Gasteiger partial charge >= 0.3 is 0 Å². The van der Waals surface area contributed by atoms with Crippen LogP contribution in [0.3, 0.4) is 0 Å². The van der Waals surface area contributed by atoms with Gasteiger partial charge in [0, 0.05) is 12.7 Å². The molecule has 0 aliphatic rings. The number of pyridine rings is 1. The highest BCUT2D eigenvalue weighted by molar-refractivity contribution is 7.91. The molecular weight excluding hydrogens is 231 g/mol. The van der Waals surface area contributed by atoms with E-state index in [9.17, 15) is 12.8 Å². The molecule has 1 aromatic rings. The maximum absolute atomic E-state index is 13.1. The van der Waals surface area contributed by atoms with Crippen molar-refractivity contribution < 1.29 is 12.8 Å². The molecular formula is C10H13FN2O2S. The van der Waals surface area contributed by atoms with Crippen LogP contribution in [0.5, 0.6) is 0 Å². The SMILES string of the molecule is Cc1cccnc1S(=O)(=O)C/C(F)=C/CN. The maximum Gasteiger partial charge on any atom is 0.202 e. The van der Waals surface area contributed by atoms with Crippen LogP contribution in [0.15, 0.2) is 35.3 Å². The van der Waals surface area contributed by atoms with Crippen molar-refractivity contribution >= 4 is 9.84 Å². The van der Waals surface area contributed by atoms with Gasteiger partial charge in [0.15, 0.2) is 5.03 Å². The van der Waals surface area contributed by atoms with E-state index in [1.54, 1.807) is 19.1 Å². The fourth-order valence-corrected chi connectivity index (χ4v) is 2.63. The van der Waals surface area contributed by atoms with Crippen LogP contribution in [0.25, 0.3) is 0 Å². The fraction of sp³-hybridized carbons (Fsp3) is 0.300. The summed E-state index contributed by atoms with van der Waals surface area (Å²) < 4.78 is 36.6. The van der Waals surface area contributed by atoms with Crippen molar-refractivity contribution in [1.29, 1.82) is 0 Å². The molecule has 0 amide bonds. The van der Waals surface area contributed by atoms with Crippen LogP contribution in [0.1, 0.15) is 5.56 Å². The summed E-state index contributed by atoms with van der Waals surface area (Å²) in [5, 5.41) is -0.0874. The van der Waals surface area contributed by atoms with E-state index in [0.717, 1.165) is 6.08 Å². The molecule has 0 saturated carbocycles. The molecule has 0 unspecified atom stereocenters. The summed E-state index contributed by atoms with van der Waals surface area (Å²) in [6.07, 6.45) is 2.40. The molecule has 1 aromatic heterocycles. The van der Waals surface area contributed by atoms with E-state index in [2.05, 4.69) is 4.98 Å². The Morgan fingerprint density at radius 2 is 2.31 bits per heavy atom. The van der Waals surface area contributed by atoms with Crippen LogP contribution in [0.4, 0.5) is 4.39 Å². The van der Waals surface area contributed by atoms with Crippen molar-refractivity contribution in [3.05, 3.63) is 35.8 Å². The first-order chi connectivity index (χ1) is 7.47. The highest BCUT2D eigenvalue weighted by Gasteiger charge is 2.20. The number of aromatic nitrogens is 1. The molecule has 16 heavy (non-hydrogen) atoms. The average molecular weight is 244 g/mol. The molecule has 88 valence electrons. The van der Waals surface area contributed by atoms with E-state index in [1.165, 1.54) is 6.20 Å². The smallest absolute Gasteiger partial charge is 0.202 e. The summed E-state index contributed by atoms with van der Waals surface area (Å²) in [5.41, 5.74) is 5.59. The Morgan fingerprint density at radius 1 is 1.62 bits per heavy atom. The Labute approximate surface area is 93.9 Å². The Morgan fingerprint density at radius 3 is 2.88 bits per heavy atom. The molecule has 0 spiro atoms. The van der Waals surface area contributed by atoms with E-state index in [4.69, 9.17) is 5.73 Å². The second-order valence-corrected chi connectivity index (χ2v) is 5.18. The Balaban J connectivity index is 3.04. The third-order valence-electron chi connectivity index (χ3n) is 1.92. The monoisotopic (exact) mass is 244 g/mol. The van der Waals surface area contributed by atoms with Gasteiger partial charge in [-0.05, 0) is 24.6 Å². The zero-order chi connectivity index (χ0) is 12.2. The lowest BCUT2D eigenvalue weighted by atomic mass is 10.3. The second-order valence-electron chi connectivity index (χ2n) is 3.27. The van der Waals surface area contributed by atoms with Crippen LogP contribution in [-0.4, -0.2) is 25.7 Å². The summed E-state index contributed by atoms with van der Waals surface area (Å²) in [5.74, 6) is -1.45. The Hall–Kier alpha value is -1.27. The molecule has 0 aliphatic heterocycles. The van der Waals surface area contributed by atoms with Gasteiger partial charge in [0.05, 0.1) is 0 Å². The topological polar surface area (TPSA) is 73.0 Å². The van der Waals surface area contributed by atoms with E-state index >= 15 is 0 Å². The summed E-state index contributed by atoms with van der Waals surface area (Å²) in [4.78, 5) is 3.75. The van der Waals surface area contributed by atoms with Crippen LogP contribution in [-0.2, 0) is 9.84 Å². The Kier molecular flexibility index (Phi) is 4.14. The van der Waals surface area contributed by atoms with Gasteiger partial charge in [-0.25, -0.2) is 17.8 Å². The molecule has 6 heteroatoms. The molecule has 2 N–H and O–H groups in total. The summed E-state index contributed by atoms with van der Waals surface area (Å²) in [6, 6.07) is 3.24. The van der Waals surface area contributed by atoms with Crippen molar-refractivity contribution in [1.82, 2.24) is 4.98 Å². The van der Waals surface area contributed by atoms with Crippen molar-refractivity contribution in [2.45, 2.75) is 11.9 Å². The van der Waals surface area contributed by atoms with Crippen LogP contribution in [0, 0.1) is 6.92 Å². The molecule has 0 radical (unpaired) electrons. The van der Waals surface area contributed by atoms with Crippen molar-refractivity contribution in [3.63, 3.8) is 0 Å². The number of hydrogen-bond donors (Lipinski definition) is 1. The summed E-state index contributed by atoms with van der Waals surface area (Å²) in [7, 11) is -3.72. The molecule has 0 saturated heterocycles. The minimum atomic E-state index is -3.72. The number of aryl methyl sites for hydroxylation is 1. The first kappa shape index (κ1) is 12.8. The standard InChI is InChI=1S/C10H13FN2O2S/c1-8-3-2-6-13-10(8)16(14,15)7-9(11)4-5-12/h2-4,6H,5,7,12H2,1H3/b9-4-. The zero-order valence-corrected chi connectivity index (χ0v) is 9.67. The lowest BCUT2D eigenvalue weighted by Gasteiger charge is -2.04. The van der Waals surface area contributed by atoms with Crippen LogP contribution >= 0.6 is 0 Å². The van der Waals surface area contributed by atoms with Gasteiger partial charge in [0.1, 0.15) is 11.6 Å². The normalized spacial score (nSPS) is 12.8. The van der Waals surface area contributed by atoms with Gasteiger partial charge in [-0.3, -0.25) is 0 Å². The maximum atomic E-state index is 13.1. The molecule has 0 aliphatic carbocycles. The van der Waals surface area contributed by atoms with Gasteiger partial charge in [-0.2, -0.15) is 0 Å². The van der Waals surface area contributed by atoms with Crippen molar-refractivity contribution in [2.24, 2.45) is 5.73 Å². The molecule has 4 nitrogen and oxygen atoms in total.